The molecule has 0 radical (unpaired) electrons. The number of halogens is 1. The molecule has 0 aliphatic heterocycles. The highest BCUT2D eigenvalue weighted by atomic mass is 35.5. The molecule has 0 saturated heterocycles. The van der Waals surface area contributed by atoms with Crippen LogP contribution >= 0.6 is 11.6 Å². The fourth-order valence-corrected chi connectivity index (χ4v) is 2.27. The molecule has 3 rings (SSSR count). The van der Waals surface area contributed by atoms with Gasteiger partial charge < -0.3 is 4.42 Å². The molecule has 7 nitrogen and oxygen atoms in total. The van der Waals surface area contributed by atoms with Crippen LogP contribution in [0.15, 0.2) is 16.7 Å². The average Bonchev–Trinajstić information content (AvgIpc) is 3.14. The van der Waals surface area contributed by atoms with Crippen LogP contribution in [0.4, 0.5) is 0 Å². The molecule has 21 heavy (non-hydrogen) atoms. The minimum atomic E-state index is 0.469. The minimum Gasteiger partial charge on any atom is -0.419 e. The van der Waals surface area contributed by atoms with Gasteiger partial charge in [0.2, 0.25) is 5.89 Å². The number of hydrogen-bond acceptors (Lipinski definition) is 5. The second kappa shape index (κ2) is 5.33. The zero-order valence-corrected chi connectivity index (χ0v) is 12.8. The van der Waals surface area contributed by atoms with Crippen molar-refractivity contribution >= 4 is 11.6 Å². The summed E-state index contributed by atoms with van der Waals surface area (Å²) < 4.78 is 9.20. The van der Waals surface area contributed by atoms with Crippen LogP contribution in [0.3, 0.4) is 0 Å². The van der Waals surface area contributed by atoms with E-state index in [9.17, 15) is 0 Å². The number of hydrogen-bond donors (Lipinski definition) is 0. The SMILES string of the molecule is Cc1nn(CCc2nnc(-c3ccnn3C)o2)c(C)c1Cl. The van der Waals surface area contributed by atoms with Crippen LogP contribution in [0.5, 0.6) is 0 Å². The maximum absolute atomic E-state index is 6.12. The number of aryl methyl sites for hydroxylation is 4. The van der Waals surface area contributed by atoms with Crippen LogP contribution in [0.1, 0.15) is 17.3 Å². The van der Waals surface area contributed by atoms with E-state index < -0.39 is 0 Å². The normalized spacial score (nSPS) is 11.2. The topological polar surface area (TPSA) is 74.6 Å². The van der Waals surface area contributed by atoms with Crippen molar-refractivity contribution in [2.24, 2.45) is 7.05 Å². The molecule has 0 N–H and O–H groups in total. The van der Waals surface area contributed by atoms with Crippen molar-refractivity contribution in [1.29, 1.82) is 0 Å². The minimum absolute atomic E-state index is 0.469. The van der Waals surface area contributed by atoms with Gasteiger partial charge in [-0.15, -0.1) is 10.2 Å². The Hall–Kier alpha value is -2.15. The van der Waals surface area contributed by atoms with Crippen molar-refractivity contribution < 1.29 is 4.42 Å². The molecular formula is C13H15ClN6O. The summed E-state index contributed by atoms with van der Waals surface area (Å²) in [5.41, 5.74) is 2.57. The van der Waals surface area contributed by atoms with Crippen LogP contribution in [0, 0.1) is 13.8 Å². The quantitative estimate of drug-likeness (QED) is 0.738. The van der Waals surface area contributed by atoms with Gasteiger partial charge in [0.1, 0.15) is 5.69 Å². The monoisotopic (exact) mass is 306 g/mol. The van der Waals surface area contributed by atoms with E-state index in [1.165, 1.54) is 0 Å². The van der Waals surface area contributed by atoms with E-state index in [1.54, 1.807) is 10.9 Å². The van der Waals surface area contributed by atoms with E-state index in [4.69, 9.17) is 16.0 Å². The number of rotatable bonds is 4. The summed E-state index contributed by atoms with van der Waals surface area (Å²) in [5.74, 6) is 1.03. The predicted molar refractivity (Wildman–Crippen MR) is 76.9 cm³/mol. The Balaban J connectivity index is 1.73. The van der Waals surface area contributed by atoms with Gasteiger partial charge in [-0.3, -0.25) is 9.36 Å². The molecule has 0 spiro atoms. The van der Waals surface area contributed by atoms with Gasteiger partial charge in [0.15, 0.2) is 0 Å². The largest absolute Gasteiger partial charge is 0.419 e. The Morgan fingerprint density at radius 1 is 1.29 bits per heavy atom. The second-order valence-corrected chi connectivity index (χ2v) is 5.18. The maximum atomic E-state index is 6.12. The first-order valence-electron chi connectivity index (χ1n) is 6.56. The highest BCUT2D eigenvalue weighted by Crippen LogP contribution is 2.20. The molecule has 0 aromatic carbocycles. The highest BCUT2D eigenvalue weighted by molar-refractivity contribution is 6.31. The van der Waals surface area contributed by atoms with Gasteiger partial charge in [0.25, 0.3) is 5.89 Å². The second-order valence-electron chi connectivity index (χ2n) is 4.80. The standard InChI is InChI=1S/C13H15ClN6O/c1-8-12(14)9(2)20(18-8)7-5-11-16-17-13(21-11)10-4-6-15-19(10)3/h4,6H,5,7H2,1-3H3. The van der Waals surface area contributed by atoms with Crippen LogP contribution in [0.25, 0.3) is 11.6 Å². The lowest BCUT2D eigenvalue weighted by Crippen LogP contribution is -2.05. The molecule has 3 aromatic heterocycles. The molecule has 0 saturated carbocycles. The first-order chi connectivity index (χ1) is 10.1. The van der Waals surface area contributed by atoms with Gasteiger partial charge in [0.05, 0.1) is 16.4 Å². The maximum Gasteiger partial charge on any atom is 0.265 e. The molecule has 0 aliphatic carbocycles. The van der Waals surface area contributed by atoms with Gasteiger partial charge in [0, 0.05) is 26.2 Å². The van der Waals surface area contributed by atoms with Crippen molar-refractivity contribution in [2.75, 3.05) is 0 Å². The van der Waals surface area contributed by atoms with Gasteiger partial charge in [-0.2, -0.15) is 10.2 Å². The lowest BCUT2D eigenvalue weighted by molar-refractivity contribution is 0.468. The Morgan fingerprint density at radius 2 is 2.10 bits per heavy atom. The van der Waals surface area contributed by atoms with E-state index in [0.717, 1.165) is 17.1 Å². The first-order valence-corrected chi connectivity index (χ1v) is 6.94. The lowest BCUT2D eigenvalue weighted by Gasteiger charge is -2.01. The van der Waals surface area contributed by atoms with Crippen molar-refractivity contribution in [3.63, 3.8) is 0 Å². The fraction of sp³-hybridized carbons (Fsp3) is 0.385. The van der Waals surface area contributed by atoms with Crippen molar-refractivity contribution in [1.82, 2.24) is 29.8 Å². The molecule has 0 bridgehead atoms. The van der Waals surface area contributed by atoms with Gasteiger partial charge in [-0.05, 0) is 19.9 Å². The molecule has 0 amide bonds. The molecule has 0 unspecified atom stereocenters. The number of aromatic nitrogens is 6. The van der Waals surface area contributed by atoms with E-state index >= 15 is 0 Å². The molecule has 110 valence electrons. The summed E-state index contributed by atoms with van der Waals surface area (Å²) in [5, 5.41) is 17.3. The zero-order chi connectivity index (χ0) is 15.0. The summed E-state index contributed by atoms with van der Waals surface area (Å²) in [6.45, 7) is 4.47. The third-order valence-electron chi connectivity index (χ3n) is 3.34. The van der Waals surface area contributed by atoms with Crippen molar-refractivity contribution in [3.05, 3.63) is 34.6 Å². The summed E-state index contributed by atoms with van der Waals surface area (Å²) in [6.07, 6.45) is 2.29. The van der Waals surface area contributed by atoms with E-state index in [1.807, 2.05) is 31.6 Å². The fourth-order valence-electron chi connectivity index (χ4n) is 2.14. The number of nitrogens with zero attached hydrogens (tertiary/aromatic N) is 6. The third kappa shape index (κ3) is 2.56. The van der Waals surface area contributed by atoms with E-state index in [2.05, 4.69) is 20.4 Å². The van der Waals surface area contributed by atoms with Crippen LogP contribution < -0.4 is 0 Å². The van der Waals surface area contributed by atoms with Crippen molar-refractivity contribution in [2.45, 2.75) is 26.8 Å². The van der Waals surface area contributed by atoms with E-state index in [0.29, 0.717) is 29.8 Å². The summed E-state index contributed by atoms with van der Waals surface area (Å²) >= 11 is 6.12. The van der Waals surface area contributed by atoms with E-state index in [-0.39, 0.29) is 0 Å². The first kappa shape index (κ1) is 13.8. The van der Waals surface area contributed by atoms with Gasteiger partial charge in [-0.1, -0.05) is 11.6 Å². The smallest absolute Gasteiger partial charge is 0.265 e. The molecular weight excluding hydrogens is 292 g/mol. The summed E-state index contributed by atoms with van der Waals surface area (Å²) in [7, 11) is 1.83. The van der Waals surface area contributed by atoms with Gasteiger partial charge >= 0.3 is 0 Å². The zero-order valence-electron chi connectivity index (χ0n) is 12.0. The Kier molecular flexibility index (Phi) is 3.50. The van der Waals surface area contributed by atoms with Crippen molar-refractivity contribution in [3.8, 4) is 11.6 Å². The van der Waals surface area contributed by atoms with Crippen LogP contribution in [-0.2, 0) is 20.0 Å². The molecule has 3 heterocycles. The van der Waals surface area contributed by atoms with Gasteiger partial charge in [-0.25, -0.2) is 0 Å². The molecule has 0 atom stereocenters. The third-order valence-corrected chi connectivity index (χ3v) is 3.88. The van der Waals surface area contributed by atoms with Crippen LogP contribution in [0.2, 0.25) is 5.02 Å². The molecule has 0 fully saturated rings. The molecule has 0 aliphatic rings. The molecule has 3 aromatic rings. The Morgan fingerprint density at radius 3 is 2.71 bits per heavy atom. The Bertz CT molecular complexity index is 772. The lowest BCUT2D eigenvalue weighted by atomic mass is 10.4. The Labute approximate surface area is 126 Å². The summed E-state index contributed by atoms with van der Waals surface area (Å²) in [4.78, 5) is 0. The van der Waals surface area contributed by atoms with Crippen LogP contribution in [-0.4, -0.2) is 29.8 Å². The highest BCUT2D eigenvalue weighted by Gasteiger charge is 2.13. The average molecular weight is 307 g/mol. The predicted octanol–water partition coefficient (Wildman–Crippen LogP) is 2.18. The molecule has 8 heteroatoms. The summed E-state index contributed by atoms with van der Waals surface area (Å²) in [6, 6.07) is 1.83.